The largest absolute Gasteiger partial charge is 0.358 e. The van der Waals surface area contributed by atoms with Crippen molar-refractivity contribution in [1.82, 2.24) is 10.2 Å². The number of hydrogen-bond acceptors (Lipinski definition) is 3. The van der Waals surface area contributed by atoms with E-state index >= 15 is 0 Å². The fourth-order valence-electron chi connectivity index (χ4n) is 1.82. The Morgan fingerprint density at radius 1 is 1.53 bits per heavy atom. The molecule has 1 fully saturated rings. The normalized spacial score (nSPS) is 18.8. The predicted molar refractivity (Wildman–Crippen MR) is 67.3 cm³/mol. The number of thioether (sulfide) groups is 1. The van der Waals surface area contributed by atoms with Crippen molar-refractivity contribution in [2.45, 2.75) is 5.37 Å². The molecule has 1 aromatic carbocycles. The molecule has 4 nitrogen and oxygen atoms in total. The van der Waals surface area contributed by atoms with Gasteiger partial charge in [0.25, 0.3) is 0 Å². The second-order valence-electron chi connectivity index (χ2n) is 4.02. The molecular formula is C12H12F2N2O2S. The Morgan fingerprint density at radius 3 is 2.89 bits per heavy atom. The maximum Gasteiger partial charge on any atom is 0.239 e. The minimum absolute atomic E-state index is 0.135. The highest BCUT2D eigenvalue weighted by Crippen LogP contribution is 2.39. The smallest absolute Gasteiger partial charge is 0.239 e. The maximum atomic E-state index is 13.7. The van der Waals surface area contributed by atoms with Crippen molar-refractivity contribution in [2.24, 2.45) is 0 Å². The Morgan fingerprint density at radius 2 is 2.26 bits per heavy atom. The van der Waals surface area contributed by atoms with Crippen molar-refractivity contribution < 1.29 is 18.4 Å². The quantitative estimate of drug-likeness (QED) is 0.911. The van der Waals surface area contributed by atoms with Crippen LogP contribution < -0.4 is 5.32 Å². The second kappa shape index (κ2) is 5.56. The first-order valence-corrected chi connectivity index (χ1v) is 6.64. The standard InChI is InChI=1S/C12H12F2N2O2S/c1-15-10(17)5-16-11(18)6-19-12(16)8-3-2-7(13)4-9(8)14/h2-4,12H,5-6H2,1H3,(H,15,17). The lowest BCUT2D eigenvalue weighted by molar-refractivity contribution is -0.133. The van der Waals surface area contributed by atoms with Crippen molar-refractivity contribution in [3.05, 3.63) is 35.4 Å². The number of carbonyl (C=O) groups is 2. The van der Waals surface area contributed by atoms with Crippen LogP contribution in [0.5, 0.6) is 0 Å². The third kappa shape index (κ3) is 2.86. The van der Waals surface area contributed by atoms with Gasteiger partial charge in [0.15, 0.2) is 0 Å². The number of rotatable bonds is 3. The van der Waals surface area contributed by atoms with E-state index < -0.39 is 17.0 Å². The molecule has 1 heterocycles. The summed E-state index contributed by atoms with van der Waals surface area (Å²) in [7, 11) is 1.46. The zero-order valence-electron chi connectivity index (χ0n) is 10.2. The molecule has 1 saturated heterocycles. The molecule has 102 valence electrons. The number of likely N-dealkylation sites (N-methyl/N-ethyl adjacent to an activating group) is 1. The van der Waals surface area contributed by atoms with Gasteiger partial charge < -0.3 is 10.2 Å². The summed E-state index contributed by atoms with van der Waals surface area (Å²) in [5.74, 6) is -1.77. The number of nitrogens with one attached hydrogen (secondary N) is 1. The molecule has 1 aromatic rings. The van der Waals surface area contributed by atoms with Gasteiger partial charge in [0.1, 0.15) is 23.6 Å². The van der Waals surface area contributed by atoms with E-state index in [2.05, 4.69) is 5.32 Å². The van der Waals surface area contributed by atoms with Crippen LogP contribution in [0.3, 0.4) is 0 Å². The van der Waals surface area contributed by atoms with Crippen LogP contribution in [0.2, 0.25) is 0 Å². The first kappa shape index (κ1) is 13.8. The number of carbonyl (C=O) groups excluding carboxylic acids is 2. The number of halogens is 2. The summed E-state index contributed by atoms with van der Waals surface area (Å²) in [6, 6.07) is 3.22. The molecule has 0 aromatic heterocycles. The first-order valence-electron chi connectivity index (χ1n) is 5.59. The van der Waals surface area contributed by atoms with Crippen LogP contribution >= 0.6 is 11.8 Å². The molecule has 19 heavy (non-hydrogen) atoms. The van der Waals surface area contributed by atoms with Crippen molar-refractivity contribution in [3.63, 3.8) is 0 Å². The molecule has 0 radical (unpaired) electrons. The SMILES string of the molecule is CNC(=O)CN1C(=O)CSC1c1ccc(F)cc1F. The summed E-state index contributed by atoms with van der Waals surface area (Å²) in [6.07, 6.45) is 0. The number of benzene rings is 1. The Balaban J connectivity index is 2.27. The van der Waals surface area contributed by atoms with E-state index in [9.17, 15) is 18.4 Å². The Bertz CT molecular complexity index is 524. The summed E-state index contributed by atoms with van der Waals surface area (Å²) >= 11 is 1.22. The summed E-state index contributed by atoms with van der Waals surface area (Å²) in [4.78, 5) is 24.4. The fourth-order valence-corrected chi connectivity index (χ4v) is 3.03. The molecule has 7 heteroatoms. The van der Waals surface area contributed by atoms with Gasteiger partial charge in [-0.3, -0.25) is 9.59 Å². The minimum Gasteiger partial charge on any atom is -0.358 e. The van der Waals surface area contributed by atoms with Crippen LogP contribution in [0, 0.1) is 11.6 Å². The first-order chi connectivity index (χ1) is 9.02. The van der Waals surface area contributed by atoms with E-state index in [0.717, 1.165) is 12.1 Å². The van der Waals surface area contributed by atoms with Gasteiger partial charge in [-0.1, -0.05) is 6.07 Å². The lowest BCUT2D eigenvalue weighted by Crippen LogP contribution is -2.38. The summed E-state index contributed by atoms with van der Waals surface area (Å²) in [6.45, 7) is -0.135. The highest BCUT2D eigenvalue weighted by atomic mass is 32.2. The van der Waals surface area contributed by atoms with Crippen LogP contribution in [0.1, 0.15) is 10.9 Å². The van der Waals surface area contributed by atoms with Crippen molar-refractivity contribution in [3.8, 4) is 0 Å². The van der Waals surface area contributed by atoms with Gasteiger partial charge in [0.2, 0.25) is 11.8 Å². The predicted octanol–water partition coefficient (Wildman–Crippen LogP) is 1.28. The van der Waals surface area contributed by atoms with E-state index in [1.54, 1.807) is 0 Å². The number of hydrogen-bond donors (Lipinski definition) is 1. The molecule has 1 aliphatic heterocycles. The molecule has 1 atom stereocenters. The zero-order chi connectivity index (χ0) is 14.0. The van der Waals surface area contributed by atoms with Gasteiger partial charge in [-0.05, 0) is 6.07 Å². The molecule has 2 rings (SSSR count). The average Bonchev–Trinajstić information content (AvgIpc) is 2.71. The van der Waals surface area contributed by atoms with Gasteiger partial charge >= 0.3 is 0 Å². The molecular weight excluding hydrogens is 274 g/mol. The van der Waals surface area contributed by atoms with Crippen LogP contribution in [-0.4, -0.2) is 36.1 Å². The van der Waals surface area contributed by atoms with Crippen molar-refractivity contribution in [2.75, 3.05) is 19.3 Å². The molecule has 1 N–H and O–H groups in total. The highest BCUT2D eigenvalue weighted by Gasteiger charge is 2.35. The Labute approximate surface area is 113 Å². The lowest BCUT2D eigenvalue weighted by atomic mass is 10.2. The summed E-state index contributed by atoms with van der Waals surface area (Å²) < 4.78 is 26.6. The topological polar surface area (TPSA) is 49.4 Å². The summed E-state index contributed by atoms with van der Waals surface area (Å²) in [5, 5.41) is 1.82. The van der Waals surface area contributed by atoms with Gasteiger partial charge in [0.05, 0.1) is 5.75 Å². The van der Waals surface area contributed by atoms with Crippen molar-refractivity contribution >= 4 is 23.6 Å². The van der Waals surface area contributed by atoms with E-state index in [-0.39, 0.29) is 29.7 Å². The summed E-state index contributed by atoms with van der Waals surface area (Å²) in [5.41, 5.74) is 0.209. The van der Waals surface area contributed by atoms with Crippen LogP contribution in [0.15, 0.2) is 18.2 Å². The molecule has 1 aliphatic rings. The molecule has 1 unspecified atom stereocenters. The van der Waals surface area contributed by atoms with E-state index in [4.69, 9.17) is 0 Å². The zero-order valence-corrected chi connectivity index (χ0v) is 11.0. The van der Waals surface area contributed by atoms with Crippen LogP contribution in [0.4, 0.5) is 8.78 Å². The Kier molecular flexibility index (Phi) is 4.04. The molecule has 0 aliphatic carbocycles. The average molecular weight is 286 g/mol. The second-order valence-corrected chi connectivity index (χ2v) is 5.09. The Hall–Kier alpha value is -1.63. The minimum atomic E-state index is -0.714. The molecule has 2 amide bonds. The number of amides is 2. The lowest BCUT2D eigenvalue weighted by Gasteiger charge is -2.23. The van der Waals surface area contributed by atoms with E-state index in [0.29, 0.717) is 0 Å². The van der Waals surface area contributed by atoms with E-state index in [1.807, 2.05) is 0 Å². The third-order valence-corrected chi connectivity index (χ3v) is 4.03. The van der Waals surface area contributed by atoms with Gasteiger partial charge in [-0.2, -0.15) is 0 Å². The van der Waals surface area contributed by atoms with Crippen LogP contribution in [0.25, 0.3) is 0 Å². The third-order valence-electron chi connectivity index (χ3n) is 2.79. The van der Waals surface area contributed by atoms with Crippen LogP contribution in [-0.2, 0) is 9.59 Å². The van der Waals surface area contributed by atoms with Gasteiger partial charge in [-0.15, -0.1) is 11.8 Å². The maximum absolute atomic E-state index is 13.7. The van der Waals surface area contributed by atoms with Crippen molar-refractivity contribution in [1.29, 1.82) is 0 Å². The monoisotopic (exact) mass is 286 g/mol. The highest BCUT2D eigenvalue weighted by molar-refractivity contribution is 8.00. The van der Waals surface area contributed by atoms with E-state index in [1.165, 1.54) is 29.8 Å². The molecule has 0 saturated carbocycles. The fraction of sp³-hybridized carbons (Fsp3) is 0.333. The molecule has 0 bridgehead atoms. The van der Waals surface area contributed by atoms with Gasteiger partial charge in [-0.25, -0.2) is 8.78 Å². The van der Waals surface area contributed by atoms with Gasteiger partial charge in [0, 0.05) is 18.7 Å². The molecule has 0 spiro atoms. The number of nitrogens with zero attached hydrogens (tertiary/aromatic N) is 1.